The maximum atomic E-state index is 10.7. The molecule has 0 saturated carbocycles. The zero-order valence-corrected chi connectivity index (χ0v) is 6.35. The second-order valence-corrected chi connectivity index (χ2v) is 2.34. The van der Waals surface area contributed by atoms with Crippen LogP contribution in [0.1, 0.15) is 15.3 Å². The standard InChI is InChI=1S/C7H13NO2/c1-5(2)7(10)8-4-6(3)9/h6,9H,1,4H2,2-3H3,(H,8,10)/p+1. The highest BCUT2D eigenvalue weighted by atomic mass is 16.3. The van der Waals surface area contributed by atoms with Gasteiger partial charge in [-0.1, -0.05) is 6.58 Å². The number of amides is 1. The summed E-state index contributed by atoms with van der Waals surface area (Å²) in [6.45, 7) is 6.95. The lowest BCUT2D eigenvalue weighted by Gasteiger charge is -2.05. The van der Waals surface area contributed by atoms with Crippen molar-refractivity contribution in [3.05, 3.63) is 12.2 Å². The lowest BCUT2D eigenvalue weighted by Crippen LogP contribution is -2.30. The molecule has 0 rings (SSSR count). The minimum absolute atomic E-state index is 0. The Bertz CT molecular complexity index is 145. The quantitative estimate of drug-likeness (QED) is 0.555. The summed E-state index contributed by atoms with van der Waals surface area (Å²) >= 11 is 0. The molecule has 0 aliphatic heterocycles. The molecule has 1 amide bonds. The van der Waals surface area contributed by atoms with Crippen LogP contribution in [0, 0.1) is 0 Å². The monoisotopic (exact) mass is 144 g/mol. The van der Waals surface area contributed by atoms with E-state index in [9.17, 15) is 4.79 Å². The predicted octanol–water partition coefficient (Wildman–Crippen LogP) is 0.172. The van der Waals surface area contributed by atoms with E-state index in [-0.39, 0.29) is 13.9 Å². The maximum Gasteiger partial charge on any atom is 1.00 e. The minimum Gasteiger partial charge on any atom is -0.392 e. The molecule has 3 heteroatoms. The molecule has 0 heterocycles. The first kappa shape index (κ1) is 9.17. The van der Waals surface area contributed by atoms with Gasteiger partial charge in [0, 0.05) is 12.1 Å². The second-order valence-electron chi connectivity index (χ2n) is 2.34. The van der Waals surface area contributed by atoms with Crippen LogP contribution >= 0.6 is 0 Å². The van der Waals surface area contributed by atoms with E-state index in [0.717, 1.165) is 0 Å². The topological polar surface area (TPSA) is 49.3 Å². The van der Waals surface area contributed by atoms with Crippen LogP contribution in [0.25, 0.3) is 0 Å². The Morgan fingerprint density at radius 3 is 2.70 bits per heavy atom. The fourth-order valence-electron chi connectivity index (χ4n) is 0.391. The fraction of sp³-hybridized carbons (Fsp3) is 0.571. The van der Waals surface area contributed by atoms with Crippen LogP contribution in [0.4, 0.5) is 0 Å². The van der Waals surface area contributed by atoms with E-state index in [2.05, 4.69) is 11.9 Å². The van der Waals surface area contributed by atoms with Crippen LogP contribution < -0.4 is 5.32 Å². The summed E-state index contributed by atoms with van der Waals surface area (Å²) in [6, 6.07) is 0. The van der Waals surface area contributed by atoms with Gasteiger partial charge in [-0.2, -0.15) is 0 Å². The molecule has 1 unspecified atom stereocenters. The first-order valence-corrected chi connectivity index (χ1v) is 3.16. The molecule has 0 fully saturated rings. The number of hydrogen-bond acceptors (Lipinski definition) is 2. The second kappa shape index (κ2) is 4.06. The molecular weight excluding hydrogens is 130 g/mol. The van der Waals surface area contributed by atoms with E-state index < -0.39 is 6.10 Å². The summed E-state index contributed by atoms with van der Waals surface area (Å²) in [6.07, 6.45) is -0.497. The van der Waals surface area contributed by atoms with E-state index in [1.54, 1.807) is 13.8 Å². The predicted molar refractivity (Wildman–Crippen MR) is 40.6 cm³/mol. The number of carbonyl (C=O) groups excluding carboxylic acids is 1. The van der Waals surface area contributed by atoms with Crippen molar-refractivity contribution < 1.29 is 11.3 Å². The Kier molecular flexibility index (Phi) is 3.72. The van der Waals surface area contributed by atoms with Crippen molar-refractivity contribution in [2.45, 2.75) is 20.0 Å². The SMILES string of the molecule is C=C(C)C(=O)NCC(C)O.[H+]. The van der Waals surface area contributed by atoms with Crippen LogP contribution in [0.15, 0.2) is 12.2 Å². The van der Waals surface area contributed by atoms with Crippen molar-refractivity contribution in [2.75, 3.05) is 6.54 Å². The smallest absolute Gasteiger partial charge is 0.392 e. The summed E-state index contributed by atoms with van der Waals surface area (Å²) in [5, 5.41) is 11.2. The summed E-state index contributed by atoms with van der Waals surface area (Å²) in [4.78, 5) is 10.7. The van der Waals surface area contributed by atoms with Crippen molar-refractivity contribution >= 4 is 5.91 Å². The van der Waals surface area contributed by atoms with Gasteiger partial charge in [-0.25, -0.2) is 0 Å². The third kappa shape index (κ3) is 4.09. The van der Waals surface area contributed by atoms with Gasteiger partial charge >= 0.3 is 1.43 Å². The van der Waals surface area contributed by atoms with Gasteiger partial charge in [0.15, 0.2) is 0 Å². The number of nitrogens with one attached hydrogen (secondary N) is 1. The zero-order chi connectivity index (χ0) is 8.15. The van der Waals surface area contributed by atoms with E-state index in [4.69, 9.17) is 5.11 Å². The van der Waals surface area contributed by atoms with E-state index in [1.165, 1.54) is 0 Å². The Balaban J connectivity index is 0. The molecule has 0 bridgehead atoms. The number of aliphatic hydroxyl groups is 1. The Morgan fingerprint density at radius 1 is 1.90 bits per heavy atom. The van der Waals surface area contributed by atoms with Gasteiger partial charge in [0.05, 0.1) is 6.10 Å². The van der Waals surface area contributed by atoms with Crippen LogP contribution in [-0.2, 0) is 4.79 Å². The highest BCUT2D eigenvalue weighted by molar-refractivity contribution is 5.92. The van der Waals surface area contributed by atoms with E-state index in [1.807, 2.05) is 0 Å². The molecule has 0 spiro atoms. The van der Waals surface area contributed by atoms with Crippen LogP contribution in [0.2, 0.25) is 0 Å². The number of carbonyl (C=O) groups is 1. The largest absolute Gasteiger partial charge is 1.00 e. The highest BCUT2D eigenvalue weighted by Crippen LogP contribution is 1.85. The third-order valence-electron chi connectivity index (χ3n) is 0.946. The molecule has 2 N–H and O–H groups in total. The first-order valence-electron chi connectivity index (χ1n) is 3.16. The molecule has 3 nitrogen and oxygen atoms in total. The first-order chi connectivity index (χ1) is 4.54. The Hall–Kier alpha value is -0.830. The number of rotatable bonds is 3. The highest BCUT2D eigenvalue weighted by Gasteiger charge is 2.01. The molecule has 0 radical (unpaired) electrons. The number of hydrogen-bond donors (Lipinski definition) is 2. The Morgan fingerprint density at radius 2 is 2.40 bits per heavy atom. The van der Waals surface area contributed by atoms with Crippen molar-refractivity contribution in [1.29, 1.82) is 0 Å². The fourth-order valence-corrected chi connectivity index (χ4v) is 0.391. The molecule has 0 saturated heterocycles. The van der Waals surface area contributed by atoms with Gasteiger partial charge in [-0.05, 0) is 13.8 Å². The minimum atomic E-state index is -0.497. The van der Waals surface area contributed by atoms with E-state index >= 15 is 0 Å². The third-order valence-corrected chi connectivity index (χ3v) is 0.946. The van der Waals surface area contributed by atoms with Crippen molar-refractivity contribution in [1.82, 2.24) is 5.32 Å². The van der Waals surface area contributed by atoms with Gasteiger partial charge in [0.1, 0.15) is 0 Å². The van der Waals surface area contributed by atoms with Crippen molar-refractivity contribution in [3.8, 4) is 0 Å². The molecule has 1 atom stereocenters. The molecule has 0 aliphatic carbocycles. The Labute approximate surface area is 62.2 Å². The van der Waals surface area contributed by atoms with Gasteiger partial charge in [-0.15, -0.1) is 0 Å². The summed E-state index contributed by atoms with van der Waals surface area (Å²) in [5.41, 5.74) is 0.459. The summed E-state index contributed by atoms with van der Waals surface area (Å²) < 4.78 is 0. The molecule has 10 heavy (non-hydrogen) atoms. The lowest BCUT2D eigenvalue weighted by molar-refractivity contribution is -0.117. The molecular formula is C7H14NO2+. The molecule has 0 aliphatic rings. The van der Waals surface area contributed by atoms with Gasteiger partial charge in [0.25, 0.3) is 0 Å². The van der Waals surface area contributed by atoms with Crippen LogP contribution in [0.3, 0.4) is 0 Å². The van der Waals surface area contributed by atoms with Crippen LogP contribution in [-0.4, -0.2) is 23.7 Å². The van der Waals surface area contributed by atoms with Crippen LogP contribution in [0.5, 0.6) is 0 Å². The normalized spacial score (nSPS) is 12.3. The van der Waals surface area contributed by atoms with Gasteiger partial charge in [0.2, 0.25) is 5.91 Å². The average Bonchev–Trinajstić information content (AvgIpc) is 1.82. The van der Waals surface area contributed by atoms with E-state index in [0.29, 0.717) is 5.57 Å². The molecule has 58 valence electrons. The summed E-state index contributed by atoms with van der Waals surface area (Å²) in [5.74, 6) is -0.207. The van der Waals surface area contributed by atoms with Gasteiger partial charge in [-0.3, -0.25) is 4.79 Å². The maximum absolute atomic E-state index is 10.7. The lowest BCUT2D eigenvalue weighted by atomic mass is 10.3. The summed E-state index contributed by atoms with van der Waals surface area (Å²) in [7, 11) is 0. The molecule has 0 aromatic rings. The number of aliphatic hydroxyl groups excluding tert-OH is 1. The average molecular weight is 144 g/mol. The van der Waals surface area contributed by atoms with Crippen molar-refractivity contribution in [3.63, 3.8) is 0 Å². The zero-order valence-electron chi connectivity index (χ0n) is 7.35. The molecule has 0 aromatic carbocycles. The van der Waals surface area contributed by atoms with Gasteiger partial charge < -0.3 is 10.4 Å². The molecule has 0 aromatic heterocycles. The van der Waals surface area contributed by atoms with Crippen molar-refractivity contribution in [2.24, 2.45) is 0 Å².